The standard InChI is InChI=1S/C49H47Br2N5O6/c1-32-39(30-61-48-19-46(38(17-44(48)50)7-3-4-13-57)59-28-36-15-34(21-52)23-55-25-36)8-5-10-42(32)43-11-6-9-40(33(43)2)31-62-49-20-47(41(18-45(49)51)27-54-12-14-58)60-29-37-16-35(22-53)24-56-26-37/h5-6,8-11,15-20,23-26,54,57-58H,3-4,7,12-14,27-31H2,1-2H3. The molecule has 0 aliphatic rings. The molecule has 0 aliphatic carbocycles. The fraction of sp³-hybridized carbons (Fsp3) is 0.265. The summed E-state index contributed by atoms with van der Waals surface area (Å²) in [5.74, 6) is 2.53. The maximum absolute atomic E-state index is 9.39. The quantitative estimate of drug-likeness (QED) is 0.0589. The van der Waals surface area contributed by atoms with Crippen molar-refractivity contribution >= 4 is 31.9 Å². The van der Waals surface area contributed by atoms with E-state index in [9.17, 15) is 20.7 Å². The van der Waals surface area contributed by atoms with E-state index in [2.05, 4.69) is 97.4 Å². The van der Waals surface area contributed by atoms with Gasteiger partial charge in [-0.05, 0) is 128 Å². The van der Waals surface area contributed by atoms with Crippen molar-refractivity contribution in [2.45, 2.75) is 66.1 Å². The predicted octanol–water partition coefficient (Wildman–Crippen LogP) is 9.74. The number of aliphatic hydroxyl groups excluding tert-OH is 2. The number of benzene rings is 4. The van der Waals surface area contributed by atoms with Gasteiger partial charge < -0.3 is 34.5 Å². The molecule has 0 amide bonds. The van der Waals surface area contributed by atoms with Gasteiger partial charge in [0.05, 0.1) is 26.7 Å². The highest BCUT2D eigenvalue weighted by atomic mass is 79.9. The van der Waals surface area contributed by atoms with E-state index in [1.807, 2.05) is 36.4 Å². The second kappa shape index (κ2) is 22.9. The van der Waals surface area contributed by atoms with Crippen molar-refractivity contribution in [3.05, 3.63) is 162 Å². The molecule has 318 valence electrons. The first kappa shape index (κ1) is 45.7. The van der Waals surface area contributed by atoms with Gasteiger partial charge in [-0.1, -0.05) is 36.4 Å². The average molecular weight is 962 g/mol. The van der Waals surface area contributed by atoms with E-state index in [4.69, 9.17) is 18.9 Å². The molecular formula is C49H47Br2N5O6. The lowest BCUT2D eigenvalue weighted by molar-refractivity contribution is 0.279. The van der Waals surface area contributed by atoms with Gasteiger partial charge in [-0.15, -0.1) is 0 Å². The van der Waals surface area contributed by atoms with Gasteiger partial charge in [0, 0.05) is 73.3 Å². The third kappa shape index (κ3) is 12.2. The number of rotatable bonds is 21. The van der Waals surface area contributed by atoms with Crippen LogP contribution in [0.25, 0.3) is 11.1 Å². The van der Waals surface area contributed by atoms with E-state index in [1.165, 1.54) is 12.4 Å². The molecule has 0 saturated heterocycles. The third-order valence-electron chi connectivity index (χ3n) is 10.3. The summed E-state index contributed by atoms with van der Waals surface area (Å²) in [4.78, 5) is 8.31. The molecule has 0 atom stereocenters. The molecule has 0 unspecified atom stereocenters. The summed E-state index contributed by atoms with van der Waals surface area (Å²) in [5, 5.41) is 40.6. The monoisotopic (exact) mass is 959 g/mol. The van der Waals surface area contributed by atoms with Crippen LogP contribution in [0.15, 0.2) is 107 Å². The molecule has 13 heteroatoms. The Labute approximate surface area is 379 Å². The maximum atomic E-state index is 9.39. The van der Waals surface area contributed by atoms with E-state index < -0.39 is 0 Å². The Morgan fingerprint density at radius 3 is 1.58 bits per heavy atom. The molecule has 6 aromatic rings. The van der Waals surface area contributed by atoms with Gasteiger partial charge in [-0.2, -0.15) is 10.5 Å². The summed E-state index contributed by atoms with van der Waals surface area (Å²) in [5.41, 5.74) is 10.8. The minimum atomic E-state index is 0.0136. The lowest BCUT2D eigenvalue weighted by atomic mass is 9.92. The third-order valence-corrected chi connectivity index (χ3v) is 11.5. The van der Waals surface area contributed by atoms with Gasteiger partial charge >= 0.3 is 0 Å². The van der Waals surface area contributed by atoms with E-state index in [0.717, 1.165) is 77.4 Å². The summed E-state index contributed by atoms with van der Waals surface area (Å²) in [6.45, 7) is 6.34. The Kier molecular flexibility index (Phi) is 16.9. The molecule has 0 bridgehead atoms. The molecule has 4 aromatic carbocycles. The van der Waals surface area contributed by atoms with E-state index in [0.29, 0.717) is 66.8 Å². The fourth-order valence-electron chi connectivity index (χ4n) is 6.86. The summed E-state index contributed by atoms with van der Waals surface area (Å²) in [7, 11) is 0. The van der Waals surface area contributed by atoms with Crippen LogP contribution in [0.4, 0.5) is 0 Å². The van der Waals surface area contributed by atoms with Crippen molar-refractivity contribution in [1.82, 2.24) is 15.3 Å². The number of nitrogens with zero attached hydrogens (tertiary/aromatic N) is 4. The summed E-state index contributed by atoms with van der Waals surface area (Å²) in [6, 6.07) is 27.9. The summed E-state index contributed by atoms with van der Waals surface area (Å²) >= 11 is 7.42. The van der Waals surface area contributed by atoms with Crippen molar-refractivity contribution in [2.75, 3.05) is 19.8 Å². The number of unbranched alkanes of at least 4 members (excludes halogenated alkanes) is 1. The van der Waals surface area contributed by atoms with E-state index >= 15 is 0 Å². The highest BCUT2D eigenvalue weighted by Crippen LogP contribution is 2.38. The van der Waals surface area contributed by atoms with Gasteiger partial charge in [0.15, 0.2) is 0 Å². The number of halogens is 2. The van der Waals surface area contributed by atoms with E-state index in [-0.39, 0.29) is 26.4 Å². The molecule has 0 fully saturated rings. The number of nitriles is 2. The molecule has 0 saturated carbocycles. The smallest absolute Gasteiger partial charge is 0.137 e. The summed E-state index contributed by atoms with van der Waals surface area (Å²) in [6.07, 6.45) is 8.60. The Hall–Kier alpha value is -5.80. The molecule has 0 spiro atoms. The Balaban J connectivity index is 1.18. The van der Waals surface area contributed by atoms with Crippen LogP contribution < -0.4 is 24.3 Å². The van der Waals surface area contributed by atoms with Gasteiger partial charge in [0.1, 0.15) is 61.6 Å². The molecule has 0 radical (unpaired) electrons. The summed E-state index contributed by atoms with van der Waals surface area (Å²) < 4.78 is 27.0. The maximum Gasteiger partial charge on any atom is 0.137 e. The van der Waals surface area contributed by atoms with Crippen LogP contribution in [0, 0.1) is 36.5 Å². The van der Waals surface area contributed by atoms with Crippen molar-refractivity contribution in [2.24, 2.45) is 0 Å². The second-order valence-corrected chi connectivity index (χ2v) is 16.3. The first-order valence-corrected chi connectivity index (χ1v) is 21.7. The number of ether oxygens (including phenoxy) is 4. The highest BCUT2D eigenvalue weighted by Gasteiger charge is 2.17. The SMILES string of the molecule is Cc1c(COc2cc(OCc3cncc(C#N)c3)c(CCCCO)cc2Br)cccc1-c1cccc(COc2cc(OCc3cncc(C#N)c3)c(CNCCO)cc2Br)c1C. The van der Waals surface area contributed by atoms with E-state index in [1.54, 1.807) is 24.5 Å². The number of aromatic nitrogens is 2. The lowest BCUT2D eigenvalue weighted by Gasteiger charge is -2.19. The minimum absolute atomic E-state index is 0.0136. The Morgan fingerprint density at radius 2 is 1.08 bits per heavy atom. The normalized spacial score (nSPS) is 10.8. The van der Waals surface area contributed by atoms with Crippen molar-refractivity contribution in [3.63, 3.8) is 0 Å². The van der Waals surface area contributed by atoms with Crippen molar-refractivity contribution < 1.29 is 29.2 Å². The van der Waals surface area contributed by atoms with Gasteiger partial charge in [0.2, 0.25) is 0 Å². The number of hydrogen-bond donors (Lipinski definition) is 3. The number of pyridine rings is 2. The van der Waals surface area contributed by atoms with Crippen LogP contribution in [0.1, 0.15) is 68.5 Å². The Bertz CT molecular complexity index is 2400. The van der Waals surface area contributed by atoms with Crippen LogP contribution in [0.2, 0.25) is 0 Å². The molecule has 6 rings (SSSR count). The number of hydrogen-bond acceptors (Lipinski definition) is 11. The van der Waals surface area contributed by atoms with Gasteiger partial charge in [-0.25, -0.2) is 0 Å². The Morgan fingerprint density at radius 1 is 0.581 bits per heavy atom. The minimum Gasteiger partial charge on any atom is -0.488 e. The fourth-order valence-corrected chi connectivity index (χ4v) is 7.87. The van der Waals surface area contributed by atoms with Gasteiger partial charge in [-0.3, -0.25) is 9.97 Å². The molecule has 2 heterocycles. The predicted molar refractivity (Wildman–Crippen MR) is 244 cm³/mol. The van der Waals surface area contributed by atoms with Crippen LogP contribution in [0.5, 0.6) is 23.0 Å². The molecule has 62 heavy (non-hydrogen) atoms. The zero-order valence-electron chi connectivity index (χ0n) is 34.6. The first-order valence-electron chi connectivity index (χ1n) is 20.1. The number of aliphatic hydroxyl groups is 2. The first-order chi connectivity index (χ1) is 30.2. The number of nitrogens with one attached hydrogen (secondary N) is 1. The average Bonchev–Trinajstić information content (AvgIpc) is 3.29. The molecule has 3 N–H and O–H groups in total. The van der Waals surface area contributed by atoms with Crippen LogP contribution in [0.3, 0.4) is 0 Å². The van der Waals surface area contributed by atoms with Gasteiger partial charge in [0.25, 0.3) is 0 Å². The number of aryl methyl sites for hydroxylation is 1. The molecule has 0 aliphatic heterocycles. The van der Waals surface area contributed by atoms with Crippen LogP contribution in [-0.4, -0.2) is 39.9 Å². The molecule has 11 nitrogen and oxygen atoms in total. The molecular weight excluding hydrogens is 914 g/mol. The van der Waals surface area contributed by atoms with Crippen molar-refractivity contribution in [3.8, 4) is 46.3 Å². The second-order valence-electron chi connectivity index (χ2n) is 14.6. The van der Waals surface area contributed by atoms with Crippen LogP contribution >= 0.6 is 31.9 Å². The zero-order valence-corrected chi connectivity index (χ0v) is 37.8. The highest BCUT2D eigenvalue weighted by molar-refractivity contribution is 9.11. The lowest BCUT2D eigenvalue weighted by Crippen LogP contribution is -2.18. The van der Waals surface area contributed by atoms with Crippen LogP contribution in [-0.2, 0) is 39.4 Å². The topological polar surface area (TPSA) is 163 Å². The molecule has 2 aromatic heterocycles. The van der Waals surface area contributed by atoms with Crippen molar-refractivity contribution in [1.29, 1.82) is 10.5 Å². The largest absolute Gasteiger partial charge is 0.488 e. The zero-order chi connectivity index (χ0) is 43.8.